The van der Waals surface area contributed by atoms with E-state index < -0.39 is 0 Å². The highest BCUT2D eigenvalue weighted by molar-refractivity contribution is 5.28. The fourth-order valence-electron chi connectivity index (χ4n) is 2.44. The maximum atomic E-state index is 6.06. The average Bonchev–Trinajstić information content (AvgIpc) is 3.12. The van der Waals surface area contributed by atoms with Crippen LogP contribution >= 0.6 is 0 Å². The highest BCUT2D eigenvalue weighted by Crippen LogP contribution is 2.32. The summed E-state index contributed by atoms with van der Waals surface area (Å²) < 4.78 is 5.28. The molecule has 0 spiro atoms. The van der Waals surface area contributed by atoms with E-state index in [-0.39, 0.29) is 6.04 Å². The van der Waals surface area contributed by atoms with Gasteiger partial charge in [0, 0.05) is 25.6 Å². The minimum absolute atomic E-state index is 0.199. The standard InChI is InChI=1S/C12H20N4O/c13-10(9-4-5-9)8-11-14-12(15-17-11)16-6-2-1-3-7-16/h9-10H,1-8,13H2. The van der Waals surface area contributed by atoms with Crippen molar-refractivity contribution in [2.75, 3.05) is 18.0 Å². The van der Waals surface area contributed by atoms with Crippen molar-refractivity contribution < 1.29 is 4.52 Å². The van der Waals surface area contributed by atoms with Crippen LogP contribution in [0.4, 0.5) is 5.95 Å². The minimum Gasteiger partial charge on any atom is -0.338 e. The van der Waals surface area contributed by atoms with Crippen molar-refractivity contribution in [1.29, 1.82) is 0 Å². The van der Waals surface area contributed by atoms with Gasteiger partial charge in [-0.15, -0.1) is 0 Å². The molecule has 1 aliphatic heterocycles. The molecule has 94 valence electrons. The van der Waals surface area contributed by atoms with E-state index in [4.69, 9.17) is 10.3 Å². The van der Waals surface area contributed by atoms with Crippen LogP contribution in [0.2, 0.25) is 0 Å². The van der Waals surface area contributed by atoms with E-state index in [1.54, 1.807) is 0 Å². The minimum atomic E-state index is 0.199. The monoisotopic (exact) mass is 236 g/mol. The molecule has 0 amide bonds. The van der Waals surface area contributed by atoms with E-state index in [0.717, 1.165) is 25.5 Å². The van der Waals surface area contributed by atoms with Gasteiger partial charge in [0.1, 0.15) is 0 Å². The molecular weight excluding hydrogens is 216 g/mol. The van der Waals surface area contributed by atoms with Gasteiger partial charge < -0.3 is 15.2 Å². The summed E-state index contributed by atoms with van der Waals surface area (Å²) in [5.74, 6) is 2.13. The van der Waals surface area contributed by atoms with Gasteiger partial charge >= 0.3 is 0 Å². The zero-order valence-electron chi connectivity index (χ0n) is 10.1. The van der Waals surface area contributed by atoms with E-state index in [0.29, 0.717) is 11.8 Å². The van der Waals surface area contributed by atoms with Crippen molar-refractivity contribution in [2.45, 2.75) is 44.6 Å². The van der Waals surface area contributed by atoms with Crippen molar-refractivity contribution in [1.82, 2.24) is 10.1 Å². The molecule has 0 bridgehead atoms. The SMILES string of the molecule is NC(Cc1nc(N2CCCCC2)no1)C1CC1. The van der Waals surface area contributed by atoms with Crippen LogP contribution in [0.25, 0.3) is 0 Å². The van der Waals surface area contributed by atoms with Crippen LogP contribution in [-0.4, -0.2) is 29.3 Å². The van der Waals surface area contributed by atoms with Gasteiger partial charge in [-0.25, -0.2) is 0 Å². The summed E-state index contributed by atoms with van der Waals surface area (Å²) in [7, 11) is 0. The van der Waals surface area contributed by atoms with E-state index in [2.05, 4.69) is 15.0 Å². The van der Waals surface area contributed by atoms with E-state index in [1.165, 1.54) is 32.1 Å². The quantitative estimate of drug-likeness (QED) is 0.854. The van der Waals surface area contributed by atoms with Crippen molar-refractivity contribution in [3.63, 3.8) is 0 Å². The second kappa shape index (κ2) is 4.64. The topological polar surface area (TPSA) is 68.2 Å². The van der Waals surface area contributed by atoms with E-state index in [9.17, 15) is 0 Å². The van der Waals surface area contributed by atoms with Crippen LogP contribution in [0, 0.1) is 5.92 Å². The first-order chi connectivity index (χ1) is 8.33. The van der Waals surface area contributed by atoms with Gasteiger partial charge in [0.25, 0.3) is 5.95 Å². The summed E-state index contributed by atoms with van der Waals surface area (Å²) in [5.41, 5.74) is 6.06. The Labute approximate surface area is 101 Å². The molecular formula is C12H20N4O. The van der Waals surface area contributed by atoms with Gasteiger partial charge in [-0.2, -0.15) is 4.98 Å². The number of hydrogen-bond acceptors (Lipinski definition) is 5. The maximum absolute atomic E-state index is 6.06. The lowest BCUT2D eigenvalue weighted by atomic mass is 10.1. The van der Waals surface area contributed by atoms with Crippen molar-refractivity contribution in [3.8, 4) is 0 Å². The molecule has 0 aromatic carbocycles. The normalized spacial score (nSPS) is 22.8. The van der Waals surface area contributed by atoms with Crippen LogP contribution < -0.4 is 10.6 Å². The average molecular weight is 236 g/mol. The Morgan fingerprint density at radius 2 is 2.06 bits per heavy atom. The molecule has 2 aliphatic rings. The molecule has 1 unspecified atom stereocenters. The molecule has 1 aromatic rings. The Morgan fingerprint density at radius 3 is 2.76 bits per heavy atom. The molecule has 2 fully saturated rings. The predicted octanol–water partition coefficient (Wildman–Crippen LogP) is 1.34. The van der Waals surface area contributed by atoms with Gasteiger partial charge in [-0.1, -0.05) is 0 Å². The molecule has 1 saturated carbocycles. The fourth-order valence-corrected chi connectivity index (χ4v) is 2.44. The number of nitrogens with zero attached hydrogens (tertiary/aromatic N) is 3. The number of rotatable bonds is 4. The molecule has 1 saturated heterocycles. The van der Waals surface area contributed by atoms with Gasteiger partial charge in [-0.05, 0) is 43.2 Å². The van der Waals surface area contributed by atoms with Crippen LogP contribution in [0.15, 0.2) is 4.52 Å². The van der Waals surface area contributed by atoms with Crippen molar-refractivity contribution in [3.05, 3.63) is 5.89 Å². The van der Waals surface area contributed by atoms with Crippen LogP contribution in [0.1, 0.15) is 38.0 Å². The molecule has 0 radical (unpaired) electrons. The van der Waals surface area contributed by atoms with E-state index >= 15 is 0 Å². The second-order valence-electron chi connectivity index (χ2n) is 5.24. The first-order valence-corrected chi connectivity index (χ1v) is 6.66. The Balaban J connectivity index is 1.60. The maximum Gasteiger partial charge on any atom is 0.266 e. The first kappa shape index (κ1) is 11.0. The third-order valence-electron chi connectivity index (χ3n) is 3.73. The molecule has 5 heteroatoms. The van der Waals surface area contributed by atoms with Gasteiger partial charge in [0.05, 0.1) is 0 Å². The molecule has 3 rings (SSSR count). The van der Waals surface area contributed by atoms with Gasteiger partial charge in [-0.3, -0.25) is 0 Å². The lowest BCUT2D eigenvalue weighted by molar-refractivity contribution is 0.362. The number of nitrogens with two attached hydrogens (primary N) is 1. The molecule has 2 N–H and O–H groups in total. The van der Waals surface area contributed by atoms with Gasteiger partial charge in [0.2, 0.25) is 5.89 Å². The van der Waals surface area contributed by atoms with Crippen LogP contribution in [0.5, 0.6) is 0 Å². The summed E-state index contributed by atoms with van der Waals surface area (Å²) in [6.45, 7) is 2.10. The van der Waals surface area contributed by atoms with E-state index in [1.807, 2.05) is 0 Å². The first-order valence-electron chi connectivity index (χ1n) is 6.66. The smallest absolute Gasteiger partial charge is 0.266 e. The van der Waals surface area contributed by atoms with Crippen molar-refractivity contribution in [2.24, 2.45) is 11.7 Å². The Kier molecular flexibility index (Phi) is 3.01. The Bertz CT molecular complexity index is 368. The molecule has 17 heavy (non-hydrogen) atoms. The highest BCUT2D eigenvalue weighted by Gasteiger charge is 2.30. The molecule has 1 aliphatic carbocycles. The van der Waals surface area contributed by atoms with Crippen LogP contribution in [-0.2, 0) is 6.42 Å². The summed E-state index contributed by atoms with van der Waals surface area (Å²) >= 11 is 0. The Morgan fingerprint density at radius 1 is 1.29 bits per heavy atom. The highest BCUT2D eigenvalue weighted by atomic mass is 16.5. The fraction of sp³-hybridized carbons (Fsp3) is 0.833. The summed E-state index contributed by atoms with van der Waals surface area (Å²) in [4.78, 5) is 6.66. The number of piperidine rings is 1. The van der Waals surface area contributed by atoms with Crippen molar-refractivity contribution >= 4 is 5.95 Å². The summed E-state index contributed by atoms with van der Waals surface area (Å²) in [6, 6.07) is 0.199. The molecule has 5 nitrogen and oxygen atoms in total. The number of hydrogen-bond donors (Lipinski definition) is 1. The third kappa shape index (κ3) is 2.60. The second-order valence-corrected chi connectivity index (χ2v) is 5.24. The zero-order chi connectivity index (χ0) is 11.7. The third-order valence-corrected chi connectivity index (χ3v) is 3.73. The molecule has 1 aromatic heterocycles. The number of anilines is 1. The molecule has 1 atom stereocenters. The number of aromatic nitrogens is 2. The lowest BCUT2D eigenvalue weighted by Gasteiger charge is -2.24. The summed E-state index contributed by atoms with van der Waals surface area (Å²) in [5, 5.41) is 4.06. The van der Waals surface area contributed by atoms with Gasteiger partial charge in [0.15, 0.2) is 0 Å². The predicted molar refractivity (Wildman–Crippen MR) is 64.8 cm³/mol. The summed E-state index contributed by atoms with van der Waals surface area (Å²) in [6.07, 6.45) is 7.01. The van der Waals surface area contributed by atoms with Crippen LogP contribution in [0.3, 0.4) is 0 Å². The largest absolute Gasteiger partial charge is 0.338 e. The Hall–Kier alpha value is -1.10. The lowest BCUT2D eigenvalue weighted by Crippen LogP contribution is -2.30. The zero-order valence-corrected chi connectivity index (χ0v) is 10.1. The molecule has 2 heterocycles.